The quantitative estimate of drug-likeness (QED) is 0.172. The van der Waals surface area contributed by atoms with Gasteiger partial charge in [-0.05, 0) is 32.9 Å². The van der Waals surface area contributed by atoms with E-state index < -0.39 is 17.9 Å². The highest BCUT2D eigenvalue weighted by Crippen LogP contribution is 2.35. The highest BCUT2D eigenvalue weighted by atomic mass is 16.5. The van der Waals surface area contributed by atoms with E-state index in [9.17, 15) is 14.4 Å². The second-order valence-electron chi connectivity index (χ2n) is 8.97. The predicted molar refractivity (Wildman–Crippen MR) is 154 cm³/mol. The molecule has 1 N–H and O–H groups in total. The van der Waals surface area contributed by atoms with E-state index >= 15 is 0 Å². The highest BCUT2D eigenvalue weighted by molar-refractivity contribution is 6.15. The number of aromatic amines is 1. The third-order valence-electron chi connectivity index (χ3n) is 6.45. The summed E-state index contributed by atoms with van der Waals surface area (Å²) in [5.41, 5.74) is 4.00. The number of aromatic nitrogens is 3. The largest absolute Gasteiger partial charge is 0.462 e. The molecule has 0 radical (unpaired) electrons. The van der Waals surface area contributed by atoms with Gasteiger partial charge in [-0.3, -0.25) is 0 Å². The van der Waals surface area contributed by atoms with E-state index in [0.29, 0.717) is 11.4 Å². The first-order valence-corrected chi connectivity index (χ1v) is 13.4. The first kappa shape index (κ1) is 27.4. The SMILES string of the molecule is CCOC(=O)c1c(C(=O)OCC)c2cc(-c3nc(-c4ccccc4)c(-c4ccccc4)[nH]3)ccn2c1C(=O)OCC. The van der Waals surface area contributed by atoms with Gasteiger partial charge in [0.15, 0.2) is 0 Å². The number of rotatable bonds is 9. The van der Waals surface area contributed by atoms with Gasteiger partial charge in [-0.1, -0.05) is 60.7 Å². The number of hydrogen-bond donors (Lipinski definition) is 1. The Morgan fingerprint density at radius 1 is 0.707 bits per heavy atom. The third-order valence-corrected chi connectivity index (χ3v) is 6.45. The number of H-pyrrole nitrogens is 1. The van der Waals surface area contributed by atoms with Crippen molar-refractivity contribution < 1.29 is 28.6 Å². The molecule has 41 heavy (non-hydrogen) atoms. The third kappa shape index (κ3) is 5.21. The molecule has 0 saturated heterocycles. The zero-order chi connectivity index (χ0) is 28.9. The second kappa shape index (κ2) is 11.9. The molecule has 0 saturated carbocycles. The van der Waals surface area contributed by atoms with Crippen molar-refractivity contribution in [3.63, 3.8) is 0 Å². The molecule has 5 rings (SSSR count). The number of fused-ring (bicyclic) bond motifs is 1. The first-order valence-electron chi connectivity index (χ1n) is 13.4. The van der Waals surface area contributed by atoms with Crippen molar-refractivity contribution in [1.29, 1.82) is 0 Å². The molecular formula is C32H29N3O6. The molecule has 9 nitrogen and oxygen atoms in total. The number of esters is 3. The molecule has 9 heteroatoms. The predicted octanol–water partition coefficient (Wildman–Crippen LogP) is 6.19. The monoisotopic (exact) mass is 551 g/mol. The summed E-state index contributed by atoms with van der Waals surface area (Å²) in [6.07, 6.45) is 1.61. The molecule has 2 aromatic carbocycles. The summed E-state index contributed by atoms with van der Waals surface area (Å²) >= 11 is 0. The van der Waals surface area contributed by atoms with E-state index in [-0.39, 0.29) is 42.2 Å². The Morgan fingerprint density at radius 3 is 1.88 bits per heavy atom. The Kier molecular flexibility index (Phi) is 7.96. The van der Waals surface area contributed by atoms with Crippen LogP contribution >= 0.6 is 0 Å². The van der Waals surface area contributed by atoms with Gasteiger partial charge in [0, 0.05) is 22.9 Å². The van der Waals surface area contributed by atoms with Crippen molar-refractivity contribution in [2.24, 2.45) is 0 Å². The van der Waals surface area contributed by atoms with E-state index in [2.05, 4.69) is 4.98 Å². The lowest BCUT2D eigenvalue weighted by atomic mass is 10.1. The first-order chi connectivity index (χ1) is 20.0. The number of nitrogens with one attached hydrogen (secondary N) is 1. The molecule has 0 bridgehead atoms. The van der Waals surface area contributed by atoms with Crippen LogP contribution in [0.4, 0.5) is 0 Å². The molecule has 5 aromatic rings. The van der Waals surface area contributed by atoms with Crippen molar-refractivity contribution in [2.45, 2.75) is 20.8 Å². The Hall–Kier alpha value is -5.18. The standard InChI is InChI=1S/C32H29N3O6/c1-4-39-30(36)24-23-19-22(17-18-35(23)28(32(38)41-6-3)25(24)31(37)40-5-2)29-33-26(20-13-9-7-10-14-20)27(34-29)21-15-11-8-12-16-21/h7-19H,4-6H2,1-3H3,(H,33,34). The number of benzene rings is 2. The molecule has 0 aliphatic carbocycles. The molecule has 208 valence electrons. The van der Waals surface area contributed by atoms with Crippen LogP contribution in [0.2, 0.25) is 0 Å². The van der Waals surface area contributed by atoms with Crippen molar-refractivity contribution in [3.8, 4) is 33.9 Å². The summed E-state index contributed by atoms with van der Waals surface area (Å²) in [6.45, 7) is 5.18. The molecule has 0 atom stereocenters. The fourth-order valence-corrected chi connectivity index (χ4v) is 4.74. The van der Waals surface area contributed by atoms with E-state index in [1.807, 2.05) is 60.7 Å². The Labute approximate surface area is 236 Å². The average molecular weight is 552 g/mol. The van der Waals surface area contributed by atoms with Crippen molar-refractivity contribution >= 4 is 23.4 Å². The van der Waals surface area contributed by atoms with E-state index in [4.69, 9.17) is 19.2 Å². The lowest BCUT2D eigenvalue weighted by Crippen LogP contribution is -2.17. The summed E-state index contributed by atoms with van der Waals surface area (Å²) in [4.78, 5) is 47.8. The summed E-state index contributed by atoms with van der Waals surface area (Å²) in [7, 11) is 0. The number of ether oxygens (including phenoxy) is 3. The lowest BCUT2D eigenvalue weighted by Gasteiger charge is -2.07. The van der Waals surface area contributed by atoms with Gasteiger partial charge < -0.3 is 23.6 Å². The number of carbonyl (C=O) groups excluding carboxylic acids is 3. The van der Waals surface area contributed by atoms with Gasteiger partial charge in [-0.15, -0.1) is 0 Å². The Bertz CT molecular complexity index is 1660. The maximum Gasteiger partial charge on any atom is 0.356 e. The van der Waals surface area contributed by atoms with Gasteiger partial charge in [-0.2, -0.15) is 0 Å². The van der Waals surface area contributed by atoms with Gasteiger partial charge >= 0.3 is 17.9 Å². The topological polar surface area (TPSA) is 112 Å². The molecule has 0 amide bonds. The zero-order valence-electron chi connectivity index (χ0n) is 23.0. The van der Waals surface area contributed by atoms with Crippen LogP contribution in [0.1, 0.15) is 52.0 Å². The molecule has 3 aromatic heterocycles. The molecular weight excluding hydrogens is 522 g/mol. The smallest absolute Gasteiger partial charge is 0.356 e. The van der Waals surface area contributed by atoms with Gasteiger partial charge in [-0.25, -0.2) is 19.4 Å². The number of nitrogens with zero attached hydrogens (tertiary/aromatic N) is 2. The fraction of sp³-hybridized carbons (Fsp3) is 0.188. The van der Waals surface area contributed by atoms with Crippen molar-refractivity contribution in [2.75, 3.05) is 19.8 Å². The second-order valence-corrected chi connectivity index (χ2v) is 8.97. The van der Waals surface area contributed by atoms with Gasteiger partial charge in [0.05, 0.1) is 36.7 Å². The summed E-state index contributed by atoms with van der Waals surface area (Å²) in [5, 5.41) is 0. The van der Waals surface area contributed by atoms with E-state index in [1.54, 1.807) is 39.1 Å². The maximum atomic E-state index is 13.2. The number of hydrogen-bond acceptors (Lipinski definition) is 7. The minimum Gasteiger partial charge on any atom is -0.462 e. The van der Waals surface area contributed by atoms with Crippen LogP contribution in [-0.2, 0) is 14.2 Å². The minimum atomic E-state index is -0.820. The summed E-state index contributed by atoms with van der Waals surface area (Å²) in [5.74, 6) is -1.80. The maximum absolute atomic E-state index is 13.2. The molecule has 0 spiro atoms. The van der Waals surface area contributed by atoms with Crippen LogP contribution in [0.25, 0.3) is 39.4 Å². The van der Waals surface area contributed by atoms with Crippen LogP contribution in [0, 0.1) is 0 Å². The zero-order valence-corrected chi connectivity index (χ0v) is 23.0. The molecule has 0 aliphatic rings. The van der Waals surface area contributed by atoms with Crippen LogP contribution in [-0.4, -0.2) is 52.1 Å². The lowest BCUT2D eigenvalue weighted by molar-refractivity contribution is 0.0459. The van der Waals surface area contributed by atoms with Crippen LogP contribution in [0.3, 0.4) is 0 Å². The summed E-state index contributed by atoms with van der Waals surface area (Å²) < 4.78 is 17.3. The average Bonchev–Trinajstić information content (AvgIpc) is 3.59. The van der Waals surface area contributed by atoms with Crippen LogP contribution in [0.5, 0.6) is 0 Å². The Balaban J connectivity index is 1.76. The molecule has 0 unspecified atom stereocenters. The van der Waals surface area contributed by atoms with Gasteiger partial charge in [0.1, 0.15) is 22.6 Å². The van der Waals surface area contributed by atoms with Crippen LogP contribution < -0.4 is 0 Å². The van der Waals surface area contributed by atoms with Crippen LogP contribution in [0.15, 0.2) is 79.0 Å². The number of carbonyl (C=O) groups is 3. The number of pyridine rings is 1. The fourth-order valence-electron chi connectivity index (χ4n) is 4.74. The van der Waals surface area contributed by atoms with Gasteiger partial charge in [0.2, 0.25) is 0 Å². The number of imidazole rings is 1. The molecule has 3 heterocycles. The van der Waals surface area contributed by atoms with E-state index in [1.165, 1.54) is 4.40 Å². The molecule has 0 fully saturated rings. The van der Waals surface area contributed by atoms with Crippen molar-refractivity contribution in [3.05, 3.63) is 95.8 Å². The summed E-state index contributed by atoms with van der Waals surface area (Å²) in [6, 6.07) is 23.1. The minimum absolute atomic E-state index is 0.0533. The normalized spacial score (nSPS) is 10.9. The Morgan fingerprint density at radius 2 is 1.27 bits per heavy atom. The van der Waals surface area contributed by atoms with Gasteiger partial charge in [0.25, 0.3) is 0 Å². The van der Waals surface area contributed by atoms with E-state index in [0.717, 1.165) is 22.5 Å². The van der Waals surface area contributed by atoms with Crippen molar-refractivity contribution in [1.82, 2.24) is 14.4 Å². The highest BCUT2D eigenvalue weighted by Gasteiger charge is 2.34. The molecule has 0 aliphatic heterocycles.